The van der Waals surface area contributed by atoms with Crippen LogP contribution in [0.3, 0.4) is 0 Å². The maximum Gasteiger partial charge on any atom is 0.117 e. The van der Waals surface area contributed by atoms with Gasteiger partial charge in [0.1, 0.15) is 4.64 Å². The van der Waals surface area contributed by atoms with Crippen molar-refractivity contribution < 1.29 is 0 Å². The second-order valence-corrected chi connectivity index (χ2v) is 3.46. The van der Waals surface area contributed by atoms with Crippen LogP contribution in [0.5, 0.6) is 0 Å². The van der Waals surface area contributed by atoms with Crippen LogP contribution in [0.2, 0.25) is 0 Å². The normalized spacial score (nSPS) is 10.4. The number of H-pyrrole nitrogens is 1. The zero-order chi connectivity index (χ0) is 8.55. The Morgan fingerprint density at radius 1 is 1.25 bits per heavy atom. The zero-order valence-electron chi connectivity index (χ0n) is 6.24. The fourth-order valence-corrected chi connectivity index (χ4v) is 1.50. The van der Waals surface area contributed by atoms with Gasteiger partial charge in [-0.05, 0) is 17.5 Å². The Balaban J connectivity index is 2.93. The van der Waals surface area contributed by atoms with Gasteiger partial charge in [0.25, 0.3) is 0 Å². The SMILES string of the molecule is S=c1[nH]c2ccccc2cc1S. The molecule has 0 radical (unpaired) electrons. The number of para-hydroxylation sites is 1. The third-order valence-corrected chi connectivity index (χ3v) is 2.56. The summed E-state index contributed by atoms with van der Waals surface area (Å²) in [7, 11) is 0. The number of pyridine rings is 1. The van der Waals surface area contributed by atoms with E-state index in [9.17, 15) is 0 Å². The van der Waals surface area contributed by atoms with Gasteiger partial charge in [-0.3, -0.25) is 0 Å². The van der Waals surface area contributed by atoms with Crippen molar-refractivity contribution in [1.29, 1.82) is 0 Å². The van der Waals surface area contributed by atoms with Gasteiger partial charge in [0.15, 0.2) is 0 Å². The van der Waals surface area contributed by atoms with Gasteiger partial charge in [-0.25, -0.2) is 0 Å². The third kappa shape index (κ3) is 1.26. The Bertz CT molecular complexity index is 473. The van der Waals surface area contributed by atoms with E-state index >= 15 is 0 Å². The maximum atomic E-state index is 5.05. The lowest BCUT2D eigenvalue weighted by molar-refractivity contribution is 1.27. The van der Waals surface area contributed by atoms with Crippen molar-refractivity contribution >= 4 is 35.7 Å². The summed E-state index contributed by atoms with van der Waals surface area (Å²) in [5.41, 5.74) is 1.06. The third-order valence-electron chi connectivity index (χ3n) is 1.73. The lowest BCUT2D eigenvalue weighted by Gasteiger charge is -1.98. The standard InChI is InChI=1S/C9H7NS2/c11-8-5-6-3-1-2-4-7(6)10-9(8)12/h1-5,11H,(H,10,12). The van der Waals surface area contributed by atoms with Crippen LogP contribution in [0.4, 0.5) is 0 Å². The summed E-state index contributed by atoms with van der Waals surface area (Å²) >= 11 is 9.29. The predicted molar refractivity (Wildman–Crippen MR) is 56.4 cm³/mol. The molecule has 0 bridgehead atoms. The first-order valence-electron chi connectivity index (χ1n) is 3.58. The first-order valence-corrected chi connectivity index (χ1v) is 4.44. The molecule has 0 aliphatic carbocycles. The minimum absolute atomic E-state index is 0.692. The molecule has 0 fully saturated rings. The molecule has 0 saturated carbocycles. The number of hydrogen-bond acceptors (Lipinski definition) is 2. The van der Waals surface area contributed by atoms with E-state index in [1.165, 1.54) is 0 Å². The van der Waals surface area contributed by atoms with Crippen LogP contribution in [0.1, 0.15) is 0 Å². The first kappa shape index (κ1) is 7.83. The first-order chi connectivity index (χ1) is 5.77. The summed E-state index contributed by atoms with van der Waals surface area (Å²) in [6.07, 6.45) is 0. The van der Waals surface area contributed by atoms with E-state index < -0.39 is 0 Å². The quantitative estimate of drug-likeness (QED) is 0.485. The molecule has 0 amide bonds. The molecular weight excluding hydrogens is 186 g/mol. The molecule has 3 heteroatoms. The largest absolute Gasteiger partial charge is 0.345 e. The van der Waals surface area contributed by atoms with Gasteiger partial charge in [-0.1, -0.05) is 30.4 Å². The molecule has 1 aromatic heterocycles. The zero-order valence-corrected chi connectivity index (χ0v) is 7.95. The van der Waals surface area contributed by atoms with Crippen molar-refractivity contribution in [3.05, 3.63) is 35.0 Å². The molecule has 60 valence electrons. The smallest absolute Gasteiger partial charge is 0.117 e. The van der Waals surface area contributed by atoms with Crippen molar-refractivity contribution in [3.8, 4) is 0 Å². The lowest BCUT2D eigenvalue weighted by Crippen LogP contribution is -1.80. The Morgan fingerprint density at radius 2 is 2.00 bits per heavy atom. The highest BCUT2D eigenvalue weighted by atomic mass is 32.1. The minimum Gasteiger partial charge on any atom is -0.345 e. The predicted octanol–water partition coefficient (Wildman–Crippen LogP) is 3.19. The molecule has 0 saturated heterocycles. The van der Waals surface area contributed by atoms with E-state index in [1.807, 2.05) is 30.3 Å². The number of hydrogen-bond donors (Lipinski definition) is 2. The average molecular weight is 193 g/mol. The van der Waals surface area contributed by atoms with E-state index in [0.29, 0.717) is 4.64 Å². The maximum absolute atomic E-state index is 5.05. The van der Waals surface area contributed by atoms with Crippen molar-refractivity contribution in [3.63, 3.8) is 0 Å². The molecule has 1 nitrogen and oxygen atoms in total. The Morgan fingerprint density at radius 3 is 2.83 bits per heavy atom. The minimum atomic E-state index is 0.692. The molecule has 0 aliphatic rings. The van der Waals surface area contributed by atoms with Crippen molar-refractivity contribution in [2.24, 2.45) is 0 Å². The van der Waals surface area contributed by atoms with Gasteiger partial charge in [0, 0.05) is 10.4 Å². The number of thiol groups is 1. The van der Waals surface area contributed by atoms with Crippen LogP contribution in [0.25, 0.3) is 10.9 Å². The molecule has 1 aromatic carbocycles. The van der Waals surface area contributed by atoms with Crippen LogP contribution in [0.15, 0.2) is 35.2 Å². The van der Waals surface area contributed by atoms with Crippen LogP contribution >= 0.6 is 24.8 Å². The van der Waals surface area contributed by atoms with E-state index in [1.54, 1.807) is 0 Å². The van der Waals surface area contributed by atoms with Crippen LogP contribution in [0, 0.1) is 4.64 Å². The van der Waals surface area contributed by atoms with E-state index in [0.717, 1.165) is 15.8 Å². The Kier molecular flexibility index (Phi) is 1.90. The summed E-state index contributed by atoms with van der Waals surface area (Å²) in [4.78, 5) is 3.92. The molecule has 2 rings (SSSR count). The molecule has 1 heterocycles. The molecular formula is C9H7NS2. The van der Waals surface area contributed by atoms with Gasteiger partial charge >= 0.3 is 0 Å². The number of benzene rings is 1. The molecule has 0 spiro atoms. The van der Waals surface area contributed by atoms with Crippen molar-refractivity contribution in [1.82, 2.24) is 4.98 Å². The second-order valence-electron chi connectivity index (χ2n) is 2.57. The highest BCUT2D eigenvalue weighted by molar-refractivity contribution is 7.81. The van der Waals surface area contributed by atoms with E-state index in [4.69, 9.17) is 12.2 Å². The summed E-state index contributed by atoms with van der Waals surface area (Å²) in [6, 6.07) is 9.97. The molecule has 0 unspecified atom stereocenters. The summed E-state index contributed by atoms with van der Waals surface area (Å²) in [6.45, 7) is 0. The molecule has 1 N–H and O–H groups in total. The summed E-state index contributed by atoms with van der Waals surface area (Å²) in [5.74, 6) is 0. The molecule has 0 aliphatic heterocycles. The highest BCUT2D eigenvalue weighted by Gasteiger charge is 1.93. The fourth-order valence-electron chi connectivity index (χ4n) is 1.14. The monoisotopic (exact) mass is 193 g/mol. The van der Waals surface area contributed by atoms with E-state index in [-0.39, 0.29) is 0 Å². The fraction of sp³-hybridized carbons (Fsp3) is 0. The van der Waals surface area contributed by atoms with Gasteiger partial charge in [-0.15, -0.1) is 12.6 Å². The van der Waals surface area contributed by atoms with Crippen molar-refractivity contribution in [2.75, 3.05) is 0 Å². The van der Waals surface area contributed by atoms with Crippen molar-refractivity contribution in [2.45, 2.75) is 4.90 Å². The summed E-state index contributed by atoms with van der Waals surface area (Å²) in [5, 5.41) is 1.14. The van der Waals surface area contributed by atoms with Crippen LogP contribution < -0.4 is 0 Å². The number of aromatic nitrogens is 1. The van der Waals surface area contributed by atoms with Gasteiger partial charge in [-0.2, -0.15) is 0 Å². The average Bonchev–Trinajstić information content (AvgIpc) is 2.07. The Labute approximate surface area is 80.8 Å². The van der Waals surface area contributed by atoms with Gasteiger partial charge < -0.3 is 4.98 Å². The van der Waals surface area contributed by atoms with Gasteiger partial charge in [0.05, 0.1) is 0 Å². The van der Waals surface area contributed by atoms with E-state index in [2.05, 4.69) is 17.6 Å². The number of rotatable bonds is 0. The lowest BCUT2D eigenvalue weighted by atomic mass is 10.2. The second kappa shape index (κ2) is 2.92. The van der Waals surface area contributed by atoms with Crippen LogP contribution in [-0.2, 0) is 0 Å². The van der Waals surface area contributed by atoms with Crippen LogP contribution in [-0.4, -0.2) is 4.98 Å². The number of aromatic amines is 1. The number of nitrogens with one attached hydrogen (secondary N) is 1. The topological polar surface area (TPSA) is 15.8 Å². The molecule has 0 atom stereocenters. The Hall–Kier alpha value is -0.800. The molecule has 2 aromatic rings. The van der Waals surface area contributed by atoms with Gasteiger partial charge in [0.2, 0.25) is 0 Å². The number of fused-ring (bicyclic) bond motifs is 1. The summed E-state index contributed by atoms with van der Waals surface area (Å²) < 4.78 is 0.692. The highest BCUT2D eigenvalue weighted by Crippen LogP contribution is 2.16. The molecule has 12 heavy (non-hydrogen) atoms.